The first-order chi connectivity index (χ1) is 17.0. The number of rotatable bonds is 9. The van der Waals surface area contributed by atoms with Crippen molar-refractivity contribution in [2.24, 2.45) is 0 Å². The van der Waals surface area contributed by atoms with Crippen LogP contribution in [-0.4, -0.2) is 47.5 Å². The molecule has 2 N–H and O–H groups in total. The number of hydrogen-bond donors (Lipinski definition) is 2. The van der Waals surface area contributed by atoms with E-state index in [4.69, 9.17) is 0 Å². The third-order valence-electron chi connectivity index (χ3n) is 6.38. The quantitative estimate of drug-likeness (QED) is 0.435. The van der Waals surface area contributed by atoms with Crippen LogP contribution in [0.1, 0.15) is 79.5 Å². The van der Waals surface area contributed by atoms with Gasteiger partial charge in [-0.25, -0.2) is 0 Å². The minimum Gasteiger partial charge on any atom is -0.353 e. The highest BCUT2D eigenvalue weighted by atomic mass is 32.2. The van der Waals surface area contributed by atoms with Gasteiger partial charge in [-0.1, -0.05) is 50.3 Å². The number of anilines is 1. The number of nitrogens with one attached hydrogen (secondary N) is 2. The fraction of sp³-hybridized carbons (Fsp3) is 0.464. The third kappa shape index (κ3) is 8.13. The highest BCUT2D eigenvalue weighted by Crippen LogP contribution is 2.24. The monoisotopic (exact) mass is 495 g/mol. The maximum Gasteiger partial charge on any atom is 0.256 e. The number of carbonyl (C=O) groups excluding carboxylic acids is 3. The van der Waals surface area contributed by atoms with Crippen molar-refractivity contribution in [3.63, 3.8) is 0 Å². The van der Waals surface area contributed by atoms with Crippen LogP contribution < -0.4 is 10.6 Å². The van der Waals surface area contributed by atoms with Crippen LogP contribution in [0.5, 0.6) is 0 Å². The van der Waals surface area contributed by atoms with Crippen molar-refractivity contribution < 1.29 is 14.4 Å². The Morgan fingerprint density at radius 3 is 2.31 bits per heavy atom. The molecule has 0 aromatic heterocycles. The minimum absolute atomic E-state index is 0.0124. The van der Waals surface area contributed by atoms with Crippen molar-refractivity contribution in [2.75, 3.05) is 24.2 Å². The van der Waals surface area contributed by atoms with E-state index >= 15 is 0 Å². The molecule has 0 aliphatic heterocycles. The molecule has 0 radical (unpaired) electrons. The van der Waals surface area contributed by atoms with Gasteiger partial charge in [0.2, 0.25) is 5.91 Å². The van der Waals surface area contributed by atoms with Gasteiger partial charge >= 0.3 is 0 Å². The van der Waals surface area contributed by atoms with Crippen molar-refractivity contribution >= 4 is 35.2 Å². The van der Waals surface area contributed by atoms with Crippen molar-refractivity contribution in [3.05, 3.63) is 59.7 Å². The number of benzene rings is 2. The molecular weight excluding hydrogens is 458 g/mol. The van der Waals surface area contributed by atoms with Gasteiger partial charge in [0, 0.05) is 35.3 Å². The maximum atomic E-state index is 13.1. The van der Waals surface area contributed by atoms with Crippen LogP contribution in [0.4, 0.5) is 5.69 Å². The Balaban J connectivity index is 1.61. The van der Waals surface area contributed by atoms with Crippen LogP contribution in [-0.2, 0) is 4.79 Å². The average molecular weight is 496 g/mol. The molecule has 3 rings (SSSR count). The summed E-state index contributed by atoms with van der Waals surface area (Å²) in [5.74, 6) is -0.0361. The molecule has 1 fully saturated rings. The van der Waals surface area contributed by atoms with Crippen LogP contribution >= 0.6 is 11.8 Å². The van der Waals surface area contributed by atoms with Crippen LogP contribution in [0.3, 0.4) is 0 Å². The van der Waals surface area contributed by atoms with E-state index in [1.54, 1.807) is 35.2 Å². The van der Waals surface area contributed by atoms with E-state index in [1.807, 2.05) is 32.0 Å². The molecule has 0 saturated heterocycles. The molecule has 0 atom stereocenters. The number of nitrogens with zero attached hydrogens (tertiary/aromatic N) is 1. The Bertz CT molecular complexity index is 998. The summed E-state index contributed by atoms with van der Waals surface area (Å²) in [4.78, 5) is 40.8. The lowest BCUT2D eigenvalue weighted by molar-refractivity contribution is -0.119. The van der Waals surface area contributed by atoms with Crippen LogP contribution in [0.25, 0.3) is 0 Å². The normalized spacial score (nSPS) is 14.5. The van der Waals surface area contributed by atoms with Gasteiger partial charge in [-0.15, -0.1) is 11.8 Å². The standard InChI is InChI=1S/C28H37N3O3S/c1-3-31(4-2)28(34)21-13-12-16-23(19-21)30-27(33)24-17-10-11-18-25(24)35-20-26(32)29-22-14-8-6-5-7-9-15-22/h10-13,16-19,22H,3-9,14-15,20H2,1-2H3,(H,29,32)(H,30,33). The summed E-state index contributed by atoms with van der Waals surface area (Å²) < 4.78 is 0. The molecule has 2 aromatic carbocycles. The molecule has 0 heterocycles. The van der Waals surface area contributed by atoms with Gasteiger partial charge in [-0.3, -0.25) is 14.4 Å². The van der Waals surface area contributed by atoms with E-state index in [0.717, 1.165) is 17.7 Å². The number of hydrogen-bond acceptors (Lipinski definition) is 4. The first-order valence-electron chi connectivity index (χ1n) is 12.7. The van der Waals surface area contributed by atoms with E-state index in [2.05, 4.69) is 10.6 Å². The molecular formula is C28H37N3O3S. The van der Waals surface area contributed by atoms with Crippen LogP contribution in [0.15, 0.2) is 53.4 Å². The van der Waals surface area contributed by atoms with Crippen LogP contribution in [0, 0.1) is 0 Å². The lowest BCUT2D eigenvalue weighted by Crippen LogP contribution is -2.36. The SMILES string of the molecule is CCN(CC)C(=O)c1cccc(NC(=O)c2ccccc2SCC(=O)NC2CCCCCCC2)c1. The Morgan fingerprint density at radius 2 is 1.60 bits per heavy atom. The lowest BCUT2D eigenvalue weighted by Gasteiger charge is -2.21. The Kier molecular flexibility index (Phi) is 10.7. The average Bonchev–Trinajstić information content (AvgIpc) is 2.85. The third-order valence-corrected chi connectivity index (χ3v) is 7.45. The first-order valence-corrected chi connectivity index (χ1v) is 13.7. The second-order valence-electron chi connectivity index (χ2n) is 8.91. The highest BCUT2D eigenvalue weighted by molar-refractivity contribution is 8.00. The summed E-state index contributed by atoms with van der Waals surface area (Å²) in [6.45, 7) is 5.15. The largest absolute Gasteiger partial charge is 0.353 e. The second-order valence-corrected chi connectivity index (χ2v) is 9.92. The molecule has 0 bridgehead atoms. The number of carbonyl (C=O) groups is 3. The summed E-state index contributed by atoms with van der Waals surface area (Å²) in [6.07, 6.45) is 8.22. The summed E-state index contributed by atoms with van der Waals surface area (Å²) in [6, 6.07) is 14.6. The van der Waals surface area contributed by atoms with Crippen molar-refractivity contribution in [2.45, 2.75) is 69.7 Å². The molecule has 1 aliphatic rings. The fourth-order valence-electron chi connectivity index (χ4n) is 4.42. The summed E-state index contributed by atoms with van der Waals surface area (Å²) >= 11 is 1.38. The lowest BCUT2D eigenvalue weighted by atomic mass is 9.97. The molecule has 2 aromatic rings. The Labute approximate surface area is 213 Å². The zero-order chi connectivity index (χ0) is 25.0. The van der Waals surface area contributed by atoms with Gasteiger partial charge in [-0.05, 0) is 57.0 Å². The molecule has 188 valence electrons. The predicted octanol–water partition coefficient (Wildman–Crippen LogP) is 5.74. The van der Waals surface area contributed by atoms with Gasteiger partial charge in [0.25, 0.3) is 11.8 Å². The van der Waals surface area contributed by atoms with E-state index in [0.29, 0.717) is 29.9 Å². The maximum absolute atomic E-state index is 13.1. The van der Waals surface area contributed by atoms with Crippen molar-refractivity contribution in [1.29, 1.82) is 0 Å². The predicted molar refractivity (Wildman–Crippen MR) is 143 cm³/mol. The van der Waals surface area contributed by atoms with Crippen LogP contribution in [0.2, 0.25) is 0 Å². The van der Waals surface area contributed by atoms with E-state index in [9.17, 15) is 14.4 Å². The fourth-order valence-corrected chi connectivity index (χ4v) is 5.28. The Morgan fingerprint density at radius 1 is 0.914 bits per heavy atom. The van der Waals surface area contributed by atoms with Crippen molar-refractivity contribution in [3.8, 4) is 0 Å². The molecule has 0 spiro atoms. The molecule has 3 amide bonds. The van der Waals surface area contributed by atoms with Gasteiger partial charge in [0.15, 0.2) is 0 Å². The summed E-state index contributed by atoms with van der Waals surface area (Å²) in [5.41, 5.74) is 1.62. The summed E-state index contributed by atoms with van der Waals surface area (Å²) in [5, 5.41) is 6.10. The Hall–Kier alpha value is -2.80. The van der Waals surface area contributed by atoms with Crippen molar-refractivity contribution in [1.82, 2.24) is 10.2 Å². The summed E-state index contributed by atoms with van der Waals surface area (Å²) in [7, 11) is 0. The second kappa shape index (κ2) is 13.9. The van der Waals surface area contributed by atoms with E-state index in [1.165, 1.54) is 43.9 Å². The molecule has 1 aliphatic carbocycles. The van der Waals surface area contributed by atoms with Gasteiger partial charge in [-0.2, -0.15) is 0 Å². The number of amides is 3. The van der Waals surface area contributed by atoms with Gasteiger partial charge in [0.1, 0.15) is 0 Å². The minimum atomic E-state index is -0.263. The van der Waals surface area contributed by atoms with Gasteiger partial charge in [0.05, 0.1) is 11.3 Å². The molecule has 0 unspecified atom stereocenters. The zero-order valence-corrected chi connectivity index (χ0v) is 21.7. The number of thioether (sulfide) groups is 1. The molecule has 6 nitrogen and oxygen atoms in total. The zero-order valence-electron chi connectivity index (χ0n) is 20.8. The molecule has 35 heavy (non-hydrogen) atoms. The molecule has 1 saturated carbocycles. The first kappa shape index (κ1) is 26.8. The van der Waals surface area contributed by atoms with E-state index < -0.39 is 0 Å². The van der Waals surface area contributed by atoms with E-state index in [-0.39, 0.29) is 29.5 Å². The smallest absolute Gasteiger partial charge is 0.256 e. The highest BCUT2D eigenvalue weighted by Gasteiger charge is 2.17. The molecule has 7 heteroatoms. The van der Waals surface area contributed by atoms with Gasteiger partial charge < -0.3 is 15.5 Å². The topological polar surface area (TPSA) is 78.5 Å².